The van der Waals surface area contributed by atoms with Gasteiger partial charge in [0.05, 0.1) is 11.1 Å². The third kappa shape index (κ3) is 2.85. The van der Waals surface area contributed by atoms with E-state index in [4.69, 9.17) is 0 Å². The summed E-state index contributed by atoms with van der Waals surface area (Å²) in [5.41, 5.74) is 0.0406. The fraction of sp³-hybridized carbons (Fsp3) is 0.765. The Balaban J connectivity index is 2.28. The van der Waals surface area contributed by atoms with E-state index in [2.05, 4.69) is 13.8 Å². The van der Waals surface area contributed by atoms with E-state index in [1.54, 1.807) is 0 Å². The largest absolute Gasteiger partial charge is 0.478 e. The van der Waals surface area contributed by atoms with Gasteiger partial charge < -0.3 is 10.2 Å². The predicted octanol–water partition coefficient (Wildman–Crippen LogP) is 3.86. The molecular formula is C17H26O4. The zero-order valence-electron chi connectivity index (χ0n) is 13.0. The summed E-state index contributed by atoms with van der Waals surface area (Å²) < 4.78 is 0. The van der Waals surface area contributed by atoms with Gasteiger partial charge in [0, 0.05) is 5.41 Å². The standard InChI is InChI=1S/C17H26O4/c1-3-5-6-11(4-2)9-17-8-7-12(10-17)13(15(18)19)14(17)16(20)21/h11-12H,3-10H2,1-2H3,(H,18,19)(H,20,21). The zero-order chi connectivity index (χ0) is 15.6. The Morgan fingerprint density at radius 2 is 2.00 bits per heavy atom. The molecule has 2 bridgehead atoms. The average Bonchev–Trinajstić information content (AvgIpc) is 2.98. The zero-order valence-corrected chi connectivity index (χ0v) is 13.0. The van der Waals surface area contributed by atoms with Crippen molar-refractivity contribution >= 4 is 11.9 Å². The van der Waals surface area contributed by atoms with Gasteiger partial charge in [-0.2, -0.15) is 0 Å². The van der Waals surface area contributed by atoms with Gasteiger partial charge in [-0.05, 0) is 37.5 Å². The second-order valence-corrected chi connectivity index (χ2v) is 6.74. The van der Waals surface area contributed by atoms with Gasteiger partial charge in [-0.3, -0.25) is 0 Å². The van der Waals surface area contributed by atoms with E-state index in [1.165, 1.54) is 0 Å². The fourth-order valence-corrected chi connectivity index (χ4v) is 4.50. The number of unbranched alkanes of at least 4 members (excludes halogenated alkanes) is 1. The Morgan fingerprint density at radius 3 is 2.52 bits per heavy atom. The second kappa shape index (κ2) is 6.20. The molecule has 1 saturated carbocycles. The molecule has 0 saturated heterocycles. The SMILES string of the molecule is CCCCC(CC)CC12CCC(C1)C(C(=O)O)=C2C(=O)O. The Labute approximate surface area is 126 Å². The molecule has 2 N–H and O–H groups in total. The molecule has 0 aliphatic heterocycles. The predicted molar refractivity (Wildman–Crippen MR) is 80.0 cm³/mol. The third-order valence-electron chi connectivity index (χ3n) is 5.48. The second-order valence-electron chi connectivity index (χ2n) is 6.74. The molecule has 21 heavy (non-hydrogen) atoms. The van der Waals surface area contributed by atoms with Crippen molar-refractivity contribution in [3.63, 3.8) is 0 Å². The summed E-state index contributed by atoms with van der Waals surface area (Å²) in [5.74, 6) is -1.58. The Morgan fingerprint density at radius 1 is 1.29 bits per heavy atom. The summed E-state index contributed by atoms with van der Waals surface area (Å²) in [5, 5.41) is 18.9. The molecule has 2 aliphatic rings. The van der Waals surface area contributed by atoms with Crippen LogP contribution in [-0.4, -0.2) is 22.2 Å². The van der Waals surface area contributed by atoms with E-state index < -0.39 is 11.9 Å². The van der Waals surface area contributed by atoms with E-state index in [1.807, 2.05) is 0 Å². The molecule has 4 heteroatoms. The first-order valence-corrected chi connectivity index (χ1v) is 8.16. The molecule has 118 valence electrons. The van der Waals surface area contributed by atoms with E-state index in [9.17, 15) is 19.8 Å². The average molecular weight is 294 g/mol. The monoisotopic (exact) mass is 294 g/mol. The van der Waals surface area contributed by atoms with Crippen LogP contribution in [0, 0.1) is 17.3 Å². The smallest absolute Gasteiger partial charge is 0.332 e. The number of hydrogen-bond donors (Lipinski definition) is 2. The Bertz CT molecular complexity index is 465. The van der Waals surface area contributed by atoms with Crippen LogP contribution in [0.15, 0.2) is 11.1 Å². The van der Waals surface area contributed by atoms with Crippen molar-refractivity contribution in [2.75, 3.05) is 0 Å². The van der Waals surface area contributed by atoms with Crippen LogP contribution in [0.1, 0.15) is 65.2 Å². The van der Waals surface area contributed by atoms with Gasteiger partial charge in [0.15, 0.2) is 0 Å². The van der Waals surface area contributed by atoms with Crippen molar-refractivity contribution < 1.29 is 19.8 Å². The Hall–Kier alpha value is -1.32. The van der Waals surface area contributed by atoms with Gasteiger partial charge in [0.25, 0.3) is 0 Å². The molecule has 3 unspecified atom stereocenters. The van der Waals surface area contributed by atoms with Crippen LogP contribution < -0.4 is 0 Å². The van der Waals surface area contributed by atoms with E-state index in [-0.39, 0.29) is 22.5 Å². The van der Waals surface area contributed by atoms with Crippen LogP contribution in [0.2, 0.25) is 0 Å². The van der Waals surface area contributed by atoms with Gasteiger partial charge in [0.1, 0.15) is 0 Å². The first-order valence-electron chi connectivity index (χ1n) is 8.16. The van der Waals surface area contributed by atoms with Crippen molar-refractivity contribution in [3.05, 3.63) is 11.1 Å². The number of carboxylic acid groups (broad SMARTS) is 2. The highest BCUT2D eigenvalue weighted by Gasteiger charge is 2.55. The number of aliphatic carboxylic acids is 2. The molecule has 0 amide bonds. The summed E-state index contributed by atoms with van der Waals surface area (Å²) in [6, 6.07) is 0. The topological polar surface area (TPSA) is 74.6 Å². The summed E-state index contributed by atoms with van der Waals surface area (Å²) >= 11 is 0. The minimum Gasteiger partial charge on any atom is -0.478 e. The molecule has 1 fully saturated rings. The fourth-order valence-electron chi connectivity index (χ4n) is 4.50. The minimum atomic E-state index is -1.03. The van der Waals surface area contributed by atoms with Crippen molar-refractivity contribution in [2.24, 2.45) is 17.3 Å². The van der Waals surface area contributed by atoms with Crippen LogP contribution in [0.4, 0.5) is 0 Å². The maximum absolute atomic E-state index is 11.7. The molecule has 0 heterocycles. The van der Waals surface area contributed by atoms with Gasteiger partial charge in [-0.1, -0.05) is 39.5 Å². The molecule has 3 atom stereocenters. The molecular weight excluding hydrogens is 268 g/mol. The van der Waals surface area contributed by atoms with E-state index in [0.29, 0.717) is 5.92 Å². The van der Waals surface area contributed by atoms with Gasteiger partial charge >= 0.3 is 11.9 Å². The van der Waals surface area contributed by atoms with Gasteiger partial charge in [-0.25, -0.2) is 9.59 Å². The molecule has 0 aromatic rings. The molecule has 0 aromatic carbocycles. The van der Waals surface area contributed by atoms with Gasteiger partial charge in [-0.15, -0.1) is 0 Å². The van der Waals surface area contributed by atoms with Crippen molar-refractivity contribution in [1.29, 1.82) is 0 Å². The quantitative estimate of drug-likeness (QED) is 0.713. The lowest BCUT2D eigenvalue weighted by molar-refractivity contribution is -0.137. The lowest BCUT2D eigenvalue weighted by atomic mass is 9.71. The van der Waals surface area contributed by atoms with Crippen LogP contribution in [0.5, 0.6) is 0 Å². The third-order valence-corrected chi connectivity index (χ3v) is 5.48. The summed E-state index contributed by atoms with van der Waals surface area (Å²) in [4.78, 5) is 23.1. The molecule has 0 radical (unpaired) electrons. The summed E-state index contributed by atoms with van der Waals surface area (Å²) in [6.45, 7) is 4.32. The lowest BCUT2D eigenvalue weighted by Gasteiger charge is -2.32. The van der Waals surface area contributed by atoms with Crippen LogP contribution in [0.25, 0.3) is 0 Å². The molecule has 2 rings (SSSR count). The first-order chi connectivity index (χ1) is 9.95. The maximum Gasteiger partial charge on any atom is 0.332 e. The normalized spacial score (nSPS) is 29.0. The van der Waals surface area contributed by atoms with Crippen molar-refractivity contribution in [3.8, 4) is 0 Å². The number of carboxylic acids is 2. The number of fused-ring (bicyclic) bond motifs is 2. The molecule has 2 aliphatic carbocycles. The number of rotatable bonds is 8. The van der Waals surface area contributed by atoms with Crippen LogP contribution >= 0.6 is 0 Å². The highest BCUT2D eigenvalue weighted by atomic mass is 16.4. The van der Waals surface area contributed by atoms with Crippen LogP contribution in [-0.2, 0) is 9.59 Å². The number of hydrogen-bond acceptors (Lipinski definition) is 2. The van der Waals surface area contributed by atoms with Crippen molar-refractivity contribution in [2.45, 2.75) is 65.2 Å². The minimum absolute atomic E-state index is 0.0442. The molecule has 4 nitrogen and oxygen atoms in total. The maximum atomic E-state index is 11.7. The lowest BCUT2D eigenvalue weighted by Crippen LogP contribution is -2.28. The van der Waals surface area contributed by atoms with Crippen molar-refractivity contribution in [1.82, 2.24) is 0 Å². The molecule has 0 spiro atoms. The first kappa shape index (κ1) is 16.1. The summed E-state index contributed by atoms with van der Waals surface area (Å²) in [6.07, 6.45) is 7.74. The highest BCUT2D eigenvalue weighted by Crippen LogP contribution is 2.60. The van der Waals surface area contributed by atoms with E-state index >= 15 is 0 Å². The Kier molecular flexibility index (Phi) is 4.74. The summed E-state index contributed by atoms with van der Waals surface area (Å²) in [7, 11) is 0. The molecule has 0 aromatic heterocycles. The number of carbonyl (C=O) groups is 2. The van der Waals surface area contributed by atoms with Gasteiger partial charge in [0.2, 0.25) is 0 Å². The van der Waals surface area contributed by atoms with E-state index in [0.717, 1.165) is 51.4 Å². The highest BCUT2D eigenvalue weighted by molar-refractivity contribution is 6.01. The van der Waals surface area contributed by atoms with Crippen LogP contribution in [0.3, 0.4) is 0 Å².